The van der Waals surface area contributed by atoms with Gasteiger partial charge in [-0.3, -0.25) is 0 Å². The van der Waals surface area contributed by atoms with E-state index >= 15 is 0 Å². The Balaban J connectivity index is 1.95. The minimum absolute atomic E-state index is 0.0644. The zero-order chi connectivity index (χ0) is 14.1. The Kier molecular flexibility index (Phi) is 4.55. The number of aliphatic hydroxyl groups excluding tert-OH is 1. The molecule has 1 heterocycles. The molecule has 6 heteroatoms. The van der Waals surface area contributed by atoms with Gasteiger partial charge in [0.05, 0.1) is 0 Å². The van der Waals surface area contributed by atoms with Gasteiger partial charge in [0.25, 0.3) is 10.2 Å². The molecule has 2 atom stereocenters. The molecule has 5 nitrogen and oxygen atoms in total. The van der Waals surface area contributed by atoms with Crippen molar-refractivity contribution in [3.05, 3.63) is 0 Å². The van der Waals surface area contributed by atoms with E-state index in [-0.39, 0.29) is 24.0 Å². The maximum atomic E-state index is 12.3. The zero-order valence-corrected chi connectivity index (χ0v) is 12.7. The van der Waals surface area contributed by atoms with Crippen molar-refractivity contribution in [3.8, 4) is 0 Å². The van der Waals surface area contributed by atoms with Gasteiger partial charge in [-0.05, 0) is 43.4 Å². The number of hydrogen-bond acceptors (Lipinski definition) is 3. The molecule has 0 aromatic carbocycles. The molecule has 1 aliphatic heterocycles. The molecule has 0 spiro atoms. The smallest absolute Gasteiger partial charge is 0.279 e. The van der Waals surface area contributed by atoms with Crippen molar-refractivity contribution < 1.29 is 13.5 Å². The first kappa shape index (κ1) is 15.2. The van der Waals surface area contributed by atoms with E-state index in [0.717, 1.165) is 32.1 Å². The summed E-state index contributed by atoms with van der Waals surface area (Å²) >= 11 is 0. The Morgan fingerprint density at radius 1 is 1.37 bits per heavy atom. The lowest BCUT2D eigenvalue weighted by atomic mass is 9.92. The second-order valence-corrected chi connectivity index (χ2v) is 8.48. The molecule has 2 unspecified atom stereocenters. The highest BCUT2D eigenvalue weighted by Crippen LogP contribution is 2.37. The SMILES string of the molecule is CC1(C)CCC(NS(=O)(=O)N2CCCC(CO)C2)C1. The van der Waals surface area contributed by atoms with E-state index in [1.165, 1.54) is 4.31 Å². The molecule has 2 rings (SSSR count). The van der Waals surface area contributed by atoms with E-state index in [1.54, 1.807) is 0 Å². The Morgan fingerprint density at radius 3 is 2.68 bits per heavy atom. The van der Waals surface area contributed by atoms with Crippen molar-refractivity contribution in [2.75, 3.05) is 19.7 Å². The number of nitrogens with one attached hydrogen (secondary N) is 1. The predicted octanol–water partition coefficient (Wildman–Crippen LogP) is 1.10. The van der Waals surface area contributed by atoms with Crippen LogP contribution in [-0.4, -0.2) is 43.6 Å². The van der Waals surface area contributed by atoms with Gasteiger partial charge in [-0.15, -0.1) is 0 Å². The maximum Gasteiger partial charge on any atom is 0.279 e. The Morgan fingerprint density at radius 2 is 2.11 bits per heavy atom. The molecule has 2 fully saturated rings. The molecule has 1 saturated heterocycles. The normalized spacial score (nSPS) is 32.6. The van der Waals surface area contributed by atoms with Gasteiger partial charge in [-0.1, -0.05) is 13.8 Å². The summed E-state index contributed by atoms with van der Waals surface area (Å²) in [6.07, 6.45) is 4.65. The van der Waals surface area contributed by atoms with Crippen LogP contribution in [0.3, 0.4) is 0 Å². The van der Waals surface area contributed by atoms with Gasteiger partial charge in [0, 0.05) is 25.7 Å². The zero-order valence-electron chi connectivity index (χ0n) is 11.9. The molecule has 0 radical (unpaired) electrons. The summed E-state index contributed by atoms with van der Waals surface area (Å²) in [6, 6.07) is 0.0644. The van der Waals surface area contributed by atoms with Gasteiger partial charge in [0.1, 0.15) is 0 Å². The molecule has 1 aliphatic carbocycles. The third-order valence-corrected chi connectivity index (χ3v) is 6.01. The van der Waals surface area contributed by atoms with Crippen LogP contribution >= 0.6 is 0 Å². The summed E-state index contributed by atoms with van der Waals surface area (Å²) in [7, 11) is -3.39. The van der Waals surface area contributed by atoms with Gasteiger partial charge < -0.3 is 5.11 Å². The molecular formula is C13H26N2O3S. The van der Waals surface area contributed by atoms with E-state index in [1.807, 2.05) is 0 Å². The highest BCUT2D eigenvalue weighted by atomic mass is 32.2. The van der Waals surface area contributed by atoms with Crippen LogP contribution in [-0.2, 0) is 10.2 Å². The fraction of sp³-hybridized carbons (Fsp3) is 1.00. The van der Waals surface area contributed by atoms with E-state index in [0.29, 0.717) is 13.1 Å². The van der Waals surface area contributed by atoms with Crippen LogP contribution < -0.4 is 4.72 Å². The van der Waals surface area contributed by atoms with Crippen LogP contribution in [0.2, 0.25) is 0 Å². The molecule has 19 heavy (non-hydrogen) atoms. The first-order chi connectivity index (χ1) is 8.82. The van der Waals surface area contributed by atoms with Gasteiger partial charge in [0.15, 0.2) is 0 Å². The number of hydrogen-bond donors (Lipinski definition) is 2. The third-order valence-electron chi connectivity index (χ3n) is 4.36. The molecule has 112 valence electrons. The molecule has 2 N–H and O–H groups in total. The first-order valence-electron chi connectivity index (χ1n) is 7.21. The number of rotatable bonds is 4. The van der Waals surface area contributed by atoms with Crippen molar-refractivity contribution in [1.82, 2.24) is 9.03 Å². The van der Waals surface area contributed by atoms with Crippen molar-refractivity contribution in [3.63, 3.8) is 0 Å². The van der Waals surface area contributed by atoms with Crippen LogP contribution in [0.4, 0.5) is 0 Å². The lowest BCUT2D eigenvalue weighted by Gasteiger charge is -2.32. The van der Waals surface area contributed by atoms with Crippen LogP contribution in [0.5, 0.6) is 0 Å². The van der Waals surface area contributed by atoms with Crippen molar-refractivity contribution in [2.24, 2.45) is 11.3 Å². The first-order valence-corrected chi connectivity index (χ1v) is 8.65. The van der Waals surface area contributed by atoms with E-state index < -0.39 is 10.2 Å². The molecule has 0 bridgehead atoms. The standard InChI is InChI=1S/C13H26N2O3S/c1-13(2)6-5-12(8-13)14-19(17,18)15-7-3-4-11(9-15)10-16/h11-12,14,16H,3-10H2,1-2H3. The molecule has 0 aromatic rings. The van der Waals surface area contributed by atoms with Crippen LogP contribution in [0.25, 0.3) is 0 Å². The Bertz CT molecular complexity index is 408. The predicted molar refractivity (Wildman–Crippen MR) is 74.9 cm³/mol. The van der Waals surface area contributed by atoms with Gasteiger partial charge in [-0.25, -0.2) is 0 Å². The second-order valence-electron chi connectivity index (χ2n) is 6.78. The monoisotopic (exact) mass is 290 g/mol. The minimum Gasteiger partial charge on any atom is -0.396 e. The highest BCUT2D eigenvalue weighted by Gasteiger charge is 2.36. The lowest BCUT2D eigenvalue weighted by Crippen LogP contribution is -2.49. The molecular weight excluding hydrogens is 264 g/mol. The van der Waals surface area contributed by atoms with Crippen LogP contribution in [0.1, 0.15) is 46.0 Å². The third kappa shape index (κ3) is 3.90. The molecule has 2 aliphatic rings. The van der Waals surface area contributed by atoms with Gasteiger partial charge >= 0.3 is 0 Å². The largest absolute Gasteiger partial charge is 0.396 e. The topological polar surface area (TPSA) is 69.6 Å². The summed E-state index contributed by atoms with van der Waals surface area (Å²) in [5.41, 5.74) is 0.239. The summed E-state index contributed by atoms with van der Waals surface area (Å²) < 4.78 is 29.0. The Hall–Kier alpha value is -0.170. The fourth-order valence-corrected chi connectivity index (χ4v) is 4.76. The summed E-state index contributed by atoms with van der Waals surface area (Å²) in [5, 5.41) is 9.19. The summed E-state index contributed by atoms with van der Waals surface area (Å²) in [4.78, 5) is 0. The van der Waals surface area contributed by atoms with Crippen LogP contribution in [0, 0.1) is 11.3 Å². The van der Waals surface area contributed by atoms with Gasteiger partial charge in [0.2, 0.25) is 0 Å². The molecule has 0 aromatic heterocycles. The van der Waals surface area contributed by atoms with Gasteiger partial charge in [-0.2, -0.15) is 17.4 Å². The number of aliphatic hydroxyl groups is 1. The van der Waals surface area contributed by atoms with E-state index in [2.05, 4.69) is 18.6 Å². The average molecular weight is 290 g/mol. The van der Waals surface area contributed by atoms with Crippen molar-refractivity contribution in [1.29, 1.82) is 0 Å². The fourth-order valence-electron chi connectivity index (χ4n) is 3.22. The summed E-state index contributed by atoms with van der Waals surface area (Å²) in [5.74, 6) is 0.0883. The minimum atomic E-state index is -3.39. The molecule has 0 amide bonds. The van der Waals surface area contributed by atoms with Crippen molar-refractivity contribution in [2.45, 2.75) is 52.0 Å². The van der Waals surface area contributed by atoms with Crippen LogP contribution in [0.15, 0.2) is 0 Å². The number of nitrogens with zero attached hydrogens (tertiary/aromatic N) is 1. The average Bonchev–Trinajstić information content (AvgIpc) is 2.68. The van der Waals surface area contributed by atoms with E-state index in [9.17, 15) is 13.5 Å². The maximum absolute atomic E-state index is 12.3. The number of piperidine rings is 1. The summed E-state index contributed by atoms with van der Waals surface area (Å²) in [6.45, 7) is 5.46. The molecule has 1 saturated carbocycles. The van der Waals surface area contributed by atoms with E-state index in [4.69, 9.17) is 0 Å². The second kappa shape index (κ2) is 5.68. The highest BCUT2D eigenvalue weighted by molar-refractivity contribution is 7.87. The Labute approximate surface area is 116 Å². The quantitative estimate of drug-likeness (QED) is 0.814. The lowest BCUT2D eigenvalue weighted by molar-refractivity contribution is 0.164. The van der Waals surface area contributed by atoms with Crippen molar-refractivity contribution >= 4 is 10.2 Å².